The number of nitrogens with zero attached hydrogens (tertiary/aromatic N) is 1. The van der Waals surface area contributed by atoms with Gasteiger partial charge in [0, 0.05) is 24.8 Å². The van der Waals surface area contributed by atoms with Gasteiger partial charge in [-0.15, -0.1) is 0 Å². The molecule has 0 N–H and O–H groups in total. The molecule has 1 saturated carbocycles. The molecule has 0 radical (unpaired) electrons. The van der Waals surface area contributed by atoms with E-state index in [1.54, 1.807) is 0 Å². The number of alkyl halides is 1. The summed E-state index contributed by atoms with van der Waals surface area (Å²) in [4.78, 5) is 14.3. The first-order chi connectivity index (χ1) is 8.49. The number of rotatable bonds is 6. The molecule has 0 aromatic heterocycles. The molecular formula is C14H26BrNO2. The zero-order valence-electron chi connectivity index (χ0n) is 11.9. The Morgan fingerprint density at radius 2 is 2.11 bits per heavy atom. The molecule has 0 spiro atoms. The molecule has 1 atom stereocenters. The summed E-state index contributed by atoms with van der Waals surface area (Å²) in [7, 11) is 1.89. The summed E-state index contributed by atoms with van der Waals surface area (Å²) < 4.78 is 5.40. The van der Waals surface area contributed by atoms with Gasteiger partial charge in [0.15, 0.2) is 0 Å². The molecule has 18 heavy (non-hydrogen) atoms. The molecule has 0 saturated heterocycles. The van der Waals surface area contributed by atoms with Gasteiger partial charge in [-0.05, 0) is 18.3 Å². The van der Waals surface area contributed by atoms with Crippen LogP contribution in [0.1, 0.15) is 39.5 Å². The summed E-state index contributed by atoms with van der Waals surface area (Å²) in [6.45, 7) is 6.48. The van der Waals surface area contributed by atoms with E-state index in [1.165, 1.54) is 12.8 Å². The molecular weight excluding hydrogens is 294 g/mol. The monoisotopic (exact) mass is 319 g/mol. The predicted molar refractivity (Wildman–Crippen MR) is 78.0 cm³/mol. The van der Waals surface area contributed by atoms with Gasteiger partial charge in [-0.3, -0.25) is 4.79 Å². The largest absolute Gasteiger partial charge is 0.379 e. The number of carbonyl (C=O) groups is 1. The van der Waals surface area contributed by atoms with Gasteiger partial charge in [0.05, 0.1) is 13.2 Å². The first-order valence-electron chi connectivity index (χ1n) is 6.87. The van der Waals surface area contributed by atoms with Crippen molar-refractivity contribution < 1.29 is 9.53 Å². The summed E-state index contributed by atoms with van der Waals surface area (Å²) in [6, 6.07) is 0. The molecule has 1 fully saturated rings. The average molecular weight is 320 g/mol. The number of hydrogen-bond donors (Lipinski definition) is 0. The van der Waals surface area contributed by atoms with Crippen molar-refractivity contribution in [3.63, 3.8) is 0 Å². The third-order valence-electron chi connectivity index (χ3n) is 3.97. The van der Waals surface area contributed by atoms with E-state index in [9.17, 15) is 4.79 Å². The summed E-state index contributed by atoms with van der Waals surface area (Å²) in [6.07, 6.45) is 4.65. The van der Waals surface area contributed by atoms with Crippen LogP contribution in [0.3, 0.4) is 0 Å². The minimum atomic E-state index is 0.153. The van der Waals surface area contributed by atoms with Crippen LogP contribution in [-0.4, -0.2) is 42.9 Å². The summed E-state index contributed by atoms with van der Waals surface area (Å²) in [5.41, 5.74) is 0.153. The summed E-state index contributed by atoms with van der Waals surface area (Å²) in [5, 5.41) is 0.848. The summed E-state index contributed by atoms with van der Waals surface area (Å²) >= 11 is 3.32. The van der Waals surface area contributed by atoms with Crippen LogP contribution in [0.15, 0.2) is 0 Å². The number of amides is 1. The standard InChI is InChI=1S/C14H26BrNO2/c1-14(2)7-5-4-6-12(14)13(17)16(3)9-11-18-10-8-15/h12H,4-11H2,1-3H3. The molecule has 1 amide bonds. The molecule has 0 bridgehead atoms. The van der Waals surface area contributed by atoms with Crippen LogP contribution in [0.4, 0.5) is 0 Å². The Hall–Kier alpha value is -0.0900. The van der Waals surface area contributed by atoms with E-state index in [2.05, 4.69) is 29.8 Å². The number of halogens is 1. The van der Waals surface area contributed by atoms with E-state index in [0.717, 1.165) is 18.2 Å². The van der Waals surface area contributed by atoms with Crippen molar-refractivity contribution in [2.24, 2.45) is 11.3 Å². The maximum absolute atomic E-state index is 12.4. The predicted octanol–water partition coefficient (Wildman–Crippen LogP) is 3.07. The van der Waals surface area contributed by atoms with Gasteiger partial charge in [0.1, 0.15) is 0 Å². The van der Waals surface area contributed by atoms with E-state index in [4.69, 9.17) is 4.74 Å². The van der Waals surface area contributed by atoms with Gasteiger partial charge >= 0.3 is 0 Å². The number of hydrogen-bond acceptors (Lipinski definition) is 2. The highest BCUT2D eigenvalue weighted by atomic mass is 79.9. The smallest absolute Gasteiger partial charge is 0.226 e. The van der Waals surface area contributed by atoms with Gasteiger partial charge < -0.3 is 9.64 Å². The molecule has 0 aliphatic heterocycles. The molecule has 1 unspecified atom stereocenters. The van der Waals surface area contributed by atoms with E-state index >= 15 is 0 Å². The van der Waals surface area contributed by atoms with Crippen molar-refractivity contribution in [2.75, 3.05) is 32.1 Å². The molecule has 0 aromatic rings. The Balaban J connectivity index is 2.42. The topological polar surface area (TPSA) is 29.5 Å². The molecule has 0 aromatic carbocycles. The van der Waals surface area contributed by atoms with E-state index in [-0.39, 0.29) is 11.3 Å². The Kier molecular flexibility index (Phi) is 6.64. The van der Waals surface area contributed by atoms with Crippen molar-refractivity contribution >= 4 is 21.8 Å². The minimum absolute atomic E-state index is 0.153. The average Bonchev–Trinajstić information content (AvgIpc) is 2.33. The second-order valence-electron chi connectivity index (χ2n) is 5.85. The molecule has 3 nitrogen and oxygen atoms in total. The number of likely N-dealkylation sites (N-methyl/N-ethyl adjacent to an activating group) is 1. The number of carbonyl (C=O) groups excluding carboxylic acids is 1. The number of ether oxygens (including phenoxy) is 1. The maximum Gasteiger partial charge on any atom is 0.226 e. The lowest BCUT2D eigenvalue weighted by molar-refractivity contribution is -0.140. The Bertz CT molecular complexity index is 269. The normalized spacial score (nSPS) is 22.8. The van der Waals surface area contributed by atoms with Crippen molar-refractivity contribution in [3.8, 4) is 0 Å². The van der Waals surface area contributed by atoms with E-state index in [1.807, 2.05) is 11.9 Å². The van der Waals surface area contributed by atoms with Gasteiger partial charge in [-0.1, -0.05) is 42.6 Å². The van der Waals surface area contributed by atoms with Gasteiger partial charge in [-0.2, -0.15) is 0 Å². The maximum atomic E-state index is 12.4. The third-order valence-corrected chi connectivity index (χ3v) is 4.30. The molecule has 4 heteroatoms. The lowest BCUT2D eigenvalue weighted by atomic mass is 9.68. The van der Waals surface area contributed by atoms with Crippen molar-refractivity contribution in [3.05, 3.63) is 0 Å². The van der Waals surface area contributed by atoms with Crippen LogP contribution in [0, 0.1) is 11.3 Å². The molecule has 1 aliphatic carbocycles. The lowest BCUT2D eigenvalue weighted by Gasteiger charge is -2.39. The highest BCUT2D eigenvalue weighted by Gasteiger charge is 2.38. The Morgan fingerprint density at radius 1 is 1.39 bits per heavy atom. The minimum Gasteiger partial charge on any atom is -0.379 e. The van der Waals surface area contributed by atoms with Crippen LogP contribution in [0.25, 0.3) is 0 Å². The zero-order valence-corrected chi connectivity index (χ0v) is 13.5. The Labute approximate surface area is 119 Å². The van der Waals surface area contributed by atoms with Crippen molar-refractivity contribution in [2.45, 2.75) is 39.5 Å². The molecule has 0 heterocycles. The van der Waals surface area contributed by atoms with Crippen LogP contribution in [-0.2, 0) is 9.53 Å². The van der Waals surface area contributed by atoms with Crippen LogP contribution < -0.4 is 0 Å². The fraction of sp³-hybridized carbons (Fsp3) is 0.929. The fourth-order valence-corrected chi connectivity index (χ4v) is 2.92. The van der Waals surface area contributed by atoms with Gasteiger partial charge in [0.2, 0.25) is 5.91 Å². The van der Waals surface area contributed by atoms with Crippen molar-refractivity contribution in [1.82, 2.24) is 4.90 Å². The quantitative estimate of drug-likeness (QED) is 0.556. The first-order valence-corrected chi connectivity index (χ1v) is 8.00. The van der Waals surface area contributed by atoms with E-state index < -0.39 is 0 Å². The third kappa shape index (κ3) is 4.54. The second kappa shape index (κ2) is 7.49. The van der Waals surface area contributed by atoms with E-state index in [0.29, 0.717) is 25.7 Å². The molecule has 106 valence electrons. The van der Waals surface area contributed by atoms with Crippen LogP contribution in [0.5, 0.6) is 0 Å². The highest BCUT2D eigenvalue weighted by Crippen LogP contribution is 2.41. The highest BCUT2D eigenvalue weighted by molar-refractivity contribution is 9.09. The molecule has 1 rings (SSSR count). The second-order valence-corrected chi connectivity index (χ2v) is 6.64. The van der Waals surface area contributed by atoms with Gasteiger partial charge in [-0.25, -0.2) is 0 Å². The lowest BCUT2D eigenvalue weighted by Crippen LogP contribution is -2.43. The van der Waals surface area contributed by atoms with Crippen LogP contribution >= 0.6 is 15.9 Å². The summed E-state index contributed by atoms with van der Waals surface area (Å²) in [5.74, 6) is 0.481. The zero-order chi connectivity index (χ0) is 13.6. The SMILES string of the molecule is CN(CCOCCBr)C(=O)C1CCCCC1(C)C. The fourth-order valence-electron chi connectivity index (χ4n) is 2.69. The molecule has 1 aliphatic rings. The van der Waals surface area contributed by atoms with Gasteiger partial charge in [0.25, 0.3) is 0 Å². The first kappa shape index (κ1) is 16.0. The Morgan fingerprint density at radius 3 is 2.72 bits per heavy atom. The van der Waals surface area contributed by atoms with Crippen LogP contribution in [0.2, 0.25) is 0 Å². The van der Waals surface area contributed by atoms with Crippen molar-refractivity contribution in [1.29, 1.82) is 0 Å².